The average Bonchev–Trinajstić information content (AvgIpc) is 3.68. The van der Waals surface area contributed by atoms with E-state index in [-0.39, 0.29) is 25.8 Å². The molecule has 0 spiro atoms. The van der Waals surface area contributed by atoms with Gasteiger partial charge in [0.15, 0.2) is 0 Å². The second-order valence-corrected chi connectivity index (χ2v) is 9.77. The van der Waals surface area contributed by atoms with Gasteiger partial charge in [0.1, 0.15) is 18.1 Å². The first-order valence-electron chi connectivity index (χ1n) is 12.8. The van der Waals surface area contributed by atoms with Crippen molar-refractivity contribution >= 4 is 40.5 Å². The number of aromatic nitrogens is 3. The smallest absolute Gasteiger partial charge is 0.326 e. The maximum absolute atomic E-state index is 13.4. The van der Waals surface area contributed by atoms with Crippen LogP contribution in [0.3, 0.4) is 0 Å². The number of aliphatic carboxylic acids is 1. The van der Waals surface area contributed by atoms with Crippen molar-refractivity contribution in [3.8, 4) is 0 Å². The third-order valence-electron chi connectivity index (χ3n) is 6.90. The molecule has 4 rings (SSSR count). The Morgan fingerprint density at radius 2 is 1.88 bits per heavy atom. The predicted octanol–water partition coefficient (Wildman–Crippen LogP) is -1.08. The number of carboxylic acids is 1. The number of nitrogens with zero attached hydrogens (tertiary/aromatic N) is 2. The Balaban J connectivity index is 1.44. The number of aromatic amines is 2. The standard InChI is InChI=1S/C26H32N8O6/c27-17(9-15-12-29-13-31-15)23(36)32-19(10-22(28)35)25(38)34-7-3-6-21(34)24(37)33-20(26(39)40)8-14-11-30-18-5-2-1-4-16(14)18/h1-2,4-5,11-13,17,19-21,30H,3,6-10,27H2,(H2,28,35)(H,29,31)(H,32,36)(H,33,37)(H,39,40). The molecule has 1 aliphatic rings. The maximum atomic E-state index is 13.4. The second kappa shape index (κ2) is 12.4. The SMILES string of the molecule is NC(=O)CC(NC(=O)C(N)Cc1cnc[nH]1)C(=O)N1CCCC1C(=O)NC(Cc1c[nH]c2ccccc12)C(=O)O. The molecule has 1 saturated heterocycles. The summed E-state index contributed by atoms with van der Waals surface area (Å²) < 4.78 is 0. The van der Waals surface area contributed by atoms with Crippen LogP contribution in [0, 0.1) is 0 Å². The number of nitrogens with two attached hydrogens (primary N) is 2. The van der Waals surface area contributed by atoms with Crippen LogP contribution in [0.15, 0.2) is 43.0 Å². The van der Waals surface area contributed by atoms with Crippen molar-refractivity contribution in [2.45, 2.75) is 56.3 Å². The lowest BCUT2D eigenvalue weighted by atomic mass is 10.0. The maximum Gasteiger partial charge on any atom is 0.326 e. The van der Waals surface area contributed by atoms with E-state index in [0.717, 1.165) is 16.5 Å². The second-order valence-electron chi connectivity index (χ2n) is 9.77. The molecular formula is C26H32N8O6. The minimum atomic E-state index is -1.34. The topological polar surface area (TPSA) is 229 Å². The fourth-order valence-corrected chi connectivity index (χ4v) is 4.90. The quantitative estimate of drug-likeness (QED) is 0.146. The van der Waals surface area contributed by atoms with Gasteiger partial charge in [0.2, 0.25) is 23.6 Å². The number of carbonyl (C=O) groups excluding carboxylic acids is 4. The summed E-state index contributed by atoms with van der Waals surface area (Å²) in [5.41, 5.74) is 13.5. The van der Waals surface area contributed by atoms with E-state index in [1.807, 2.05) is 24.3 Å². The molecule has 1 aromatic carbocycles. The first kappa shape index (κ1) is 28.3. The monoisotopic (exact) mass is 552 g/mol. The number of benzene rings is 1. The van der Waals surface area contributed by atoms with Crippen molar-refractivity contribution in [2.75, 3.05) is 6.54 Å². The number of rotatable bonds is 12. The normalized spacial score (nSPS) is 17.2. The largest absolute Gasteiger partial charge is 0.480 e. The molecule has 4 atom stereocenters. The molecule has 212 valence electrons. The minimum Gasteiger partial charge on any atom is -0.480 e. The van der Waals surface area contributed by atoms with Crippen molar-refractivity contribution in [1.82, 2.24) is 30.5 Å². The van der Waals surface area contributed by atoms with Crippen LogP contribution in [-0.4, -0.2) is 85.3 Å². The molecular weight excluding hydrogens is 520 g/mol. The molecule has 4 unspecified atom stereocenters. The lowest BCUT2D eigenvalue weighted by Crippen LogP contribution is -2.57. The molecule has 3 heterocycles. The van der Waals surface area contributed by atoms with Gasteiger partial charge < -0.3 is 42.1 Å². The molecule has 0 radical (unpaired) electrons. The molecule has 1 fully saturated rings. The predicted molar refractivity (Wildman–Crippen MR) is 142 cm³/mol. The van der Waals surface area contributed by atoms with Crippen LogP contribution < -0.4 is 22.1 Å². The highest BCUT2D eigenvalue weighted by Gasteiger charge is 2.39. The highest BCUT2D eigenvalue weighted by atomic mass is 16.4. The van der Waals surface area contributed by atoms with Crippen LogP contribution in [0.4, 0.5) is 0 Å². The zero-order valence-corrected chi connectivity index (χ0v) is 21.6. The first-order chi connectivity index (χ1) is 19.1. The van der Waals surface area contributed by atoms with Gasteiger partial charge in [-0.15, -0.1) is 0 Å². The van der Waals surface area contributed by atoms with E-state index in [2.05, 4.69) is 25.6 Å². The summed E-state index contributed by atoms with van der Waals surface area (Å²) in [6.45, 7) is 0.183. The number of carboxylic acid groups (broad SMARTS) is 1. The molecule has 40 heavy (non-hydrogen) atoms. The van der Waals surface area contributed by atoms with Gasteiger partial charge in [0.05, 0.1) is 18.8 Å². The molecule has 0 saturated carbocycles. The van der Waals surface area contributed by atoms with Gasteiger partial charge in [-0.2, -0.15) is 0 Å². The van der Waals surface area contributed by atoms with E-state index in [4.69, 9.17) is 11.5 Å². The third kappa shape index (κ3) is 6.64. The van der Waals surface area contributed by atoms with Gasteiger partial charge in [-0.25, -0.2) is 9.78 Å². The molecule has 9 N–H and O–H groups in total. The molecule has 0 aliphatic carbocycles. The number of H-pyrrole nitrogens is 2. The number of hydrogen-bond donors (Lipinski definition) is 7. The first-order valence-corrected chi connectivity index (χ1v) is 12.8. The number of hydrogen-bond acceptors (Lipinski definition) is 7. The van der Waals surface area contributed by atoms with Gasteiger partial charge >= 0.3 is 5.97 Å². The minimum absolute atomic E-state index is 0.0281. The zero-order chi connectivity index (χ0) is 28.8. The number of carbonyl (C=O) groups is 5. The van der Waals surface area contributed by atoms with Crippen LogP contribution in [0.25, 0.3) is 10.9 Å². The van der Waals surface area contributed by atoms with E-state index in [1.165, 1.54) is 17.4 Å². The summed E-state index contributed by atoms with van der Waals surface area (Å²) in [4.78, 5) is 74.2. The number of fused-ring (bicyclic) bond motifs is 1. The molecule has 4 amide bonds. The van der Waals surface area contributed by atoms with Gasteiger partial charge in [-0.1, -0.05) is 18.2 Å². The van der Waals surface area contributed by atoms with Crippen LogP contribution in [0.1, 0.15) is 30.5 Å². The van der Waals surface area contributed by atoms with Gasteiger partial charge in [0, 0.05) is 48.4 Å². The Kier molecular flexibility index (Phi) is 8.79. The lowest BCUT2D eigenvalue weighted by Gasteiger charge is -2.29. The van der Waals surface area contributed by atoms with Gasteiger partial charge in [-0.3, -0.25) is 19.2 Å². The Bertz CT molecular complexity index is 1390. The van der Waals surface area contributed by atoms with E-state index >= 15 is 0 Å². The Morgan fingerprint density at radius 3 is 2.58 bits per heavy atom. The number of imidazole rings is 1. The van der Waals surface area contributed by atoms with Crippen LogP contribution in [-0.2, 0) is 36.8 Å². The van der Waals surface area contributed by atoms with Crippen LogP contribution in [0.5, 0.6) is 0 Å². The van der Waals surface area contributed by atoms with Gasteiger partial charge in [-0.05, 0) is 24.5 Å². The summed E-state index contributed by atoms with van der Waals surface area (Å²) in [5, 5.41) is 15.7. The van der Waals surface area contributed by atoms with E-state index < -0.39 is 60.2 Å². The molecule has 3 aromatic rings. The fourth-order valence-electron chi connectivity index (χ4n) is 4.90. The number of primary amides is 1. The highest BCUT2D eigenvalue weighted by molar-refractivity contribution is 5.96. The summed E-state index contributed by atoms with van der Waals surface area (Å²) in [5.74, 6) is -4.05. The van der Waals surface area contributed by atoms with Crippen molar-refractivity contribution in [2.24, 2.45) is 11.5 Å². The summed E-state index contributed by atoms with van der Waals surface area (Å²) in [7, 11) is 0. The fraction of sp³-hybridized carbons (Fsp3) is 0.385. The van der Waals surface area contributed by atoms with E-state index in [1.54, 1.807) is 6.20 Å². The summed E-state index contributed by atoms with van der Waals surface area (Å²) in [6, 6.07) is 2.80. The van der Waals surface area contributed by atoms with Gasteiger partial charge in [0.25, 0.3) is 0 Å². The van der Waals surface area contributed by atoms with E-state index in [0.29, 0.717) is 12.1 Å². The lowest BCUT2D eigenvalue weighted by molar-refractivity contribution is -0.145. The number of amides is 4. The number of para-hydroxylation sites is 1. The molecule has 0 bridgehead atoms. The van der Waals surface area contributed by atoms with Crippen LogP contribution in [0.2, 0.25) is 0 Å². The molecule has 2 aromatic heterocycles. The van der Waals surface area contributed by atoms with E-state index in [9.17, 15) is 29.1 Å². The Hall–Kier alpha value is -4.72. The number of nitrogens with one attached hydrogen (secondary N) is 4. The molecule has 1 aliphatic heterocycles. The molecule has 14 heteroatoms. The average molecular weight is 553 g/mol. The summed E-state index contributed by atoms with van der Waals surface area (Å²) in [6.07, 6.45) is 5.05. The molecule has 14 nitrogen and oxygen atoms in total. The number of likely N-dealkylation sites (tertiary alicyclic amines) is 1. The summed E-state index contributed by atoms with van der Waals surface area (Å²) >= 11 is 0. The zero-order valence-electron chi connectivity index (χ0n) is 21.6. The Labute approximate surface area is 228 Å². The van der Waals surface area contributed by atoms with Crippen molar-refractivity contribution < 1.29 is 29.1 Å². The van der Waals surface area contributed by atoms with Crippen molar-refractivity contribution in [1.29, 1.82) is 0 Å². The van der Waals surface area contributed by atoms with Crippen molar-refractivity contribution in [3.63, 3.8) is 0 Å². The van der Waals surface area contributed by atoms with Crippen LogP contribution >= 0.6 is 0 Å². The van der Waals surface area contributed by atoms with Crippen molar-refractivity contribution in [3.05, 3.63) is 54.2 Å². The third-order valence-corrected chi connectivity index (χ3v) is 6.90. The highest BCUT2D eigenvalue weighted by Crippen LogP contribution is 2.22. The Morgan fingerprint density at radius 1 is 1.10 bits per heavy atom.